The average Bonchev–Trinajstić information content (AvgIpc) is 2.52. The van der Waals surface area contributed by atoms with Crippen LogP contribution in [0.3, 0.4) is 0 Å². The molecular formula is C15H23ClN2. The van der Waals surface area contributed by atoms with Crippen LogP contribution in [0.25, 0.3) is 0 Å². The van der Waals surface area contributed by atoms with Crippen LogP contribution in [0.2, 0.25) is 5.02 Å². The lowest BCUT2D eigenvalue weighted by atomic mass is 10.1. The third-order valence-corrected chi connectivity index (χ3v) is 4.08. The fraction of sp³-hybridized carbons (Fsp3) is 0.600. The van der Waals surface area contributed by atoms with Gasteiger partial charge in [0.05, 0.1) is 0 Å². The van der Waals surface area contributed by atoms with Crippen molar-refractivity contribution in [2.75, 3.05) is 13.1 Å². The summed E-state index contributed by atoms with van der Waals surface area (Å²) in [6, 6.07) is 9.47. The van der Waals surface area contributed by atoms with E-state index in [-0.39, 0.29) is 0 Å². The first-order valence-corrected chi connectivity index (χ1v) is 7.28. The maximum Gasteiger partial charge on any atom is 0.0409 e. The molecule has 1 aromatic rings. The molecule has 1 aliphatic heterocycles. The van der Waals surface area contributed by atoms with Crippen LogP contribution >= 0.6 is 11.6 Å². The highest BCUT2D eigenvalue weighted by Gasteiger charge is 2.21. The zero-order valence-electron chi connectivity index (χ0n) is 11.3. The fourth-order valence-corrected chi connectivity index (χ4v) is 2.78. The monoisotopic (exact) mass is 266 g/mol. The van der Waals surface area contributed by atoms with Crippen LogP contribution in [-0.4, -0.2) is 30.1 Å². The Morgan fingerprint density at radius 2 is 2.28 bits per heavy atom. The van der Waals surface area contributed by atoms with Crippen LogP contribution in [0.5, 0.6) is 0 Å². The van der Waals surface area contributed by atoms with E-state index in [4.69, 9.17) is 11.6 Å². The van der Waals surface area contributed by atoms with E-state index in [1.807, 2.05) is 12.1 Å². The van der Waals surface area contributed by atoms with Crippen LogP contribution < -0.4 is 5.32 Å². The lowest BCUT2D eigenvalue weighted by Crippen LogP contribution is -2.39. The summed E-state index contributed by atoms with van der Waals surface area (Å²) in [5, 5.41) is 4.45. The third-order valence-electron chi connectivity index (χ3n) is 3.84. The number of nitrogens with one attached hydrogen (secondary N) is 1. The molecule has 0 saturated carbocycles. The molecule has 0 bridgehead atoms. The predicted molar refractivity (Wildman–Crippen MR) is 78.0 cm³/mol. The first kappa shape index (κ1) is 13.9. The molecule has 0 aromatic heterocycles. The van der Waals surface area contributed by atoms with Gasteiger partial charge in [0, 0.05) is 30.2 Å². The molecule has 3 heteroatoms. The molecule has 100 valence electrons. The minimum Gasteiger partial charge on any atom is -0.313 e. The van der Waals surface area contributed by atoms with E-state index in [1.165, 1.54) is 18.4 Å². The summed E-state index contributed by atoms with van der Waals surface area (Å²) in [4.78, 5) is 2.57. The van der Waals surface area contributed by atoms with Crippen molar-refractivity contribution in [3.63, 3.8) is 0 Å². The zero-order valence-corrected chi connectivity index (χ0v) is 12.1. The highest BCUT2D eigenvalue weighted by molar-refractivity contribution is 6.30. The van der Waals surface area contributed by atoms with E-state index in [0.717, 1.165) is 24.7 Å². The molecule has 0 radical (unpaired) electrons. The fourth-order valence-electron chi connectivity index (χ4n) is 2.57. The van der Waals surface area contributed by atoms with Gasteiger partial charge >= 0.3 is 0 Å². The van der Waals surface area contributed by atoms with Crippen LogP contribution in [0, 0.1) is 0 Å². The molecule has 18 heavy (non-hydrogen) atoms. The summed E-state index contributed by atoms with van der Waals surface area (Å²) in [7, 11) is 0. The van der Waals surface area contributed by atoms with Gasteiger partial charge in [-0.15, -0.1) is 0 Å². The molecule has 1 aliphatic rings. The van der Waals surface area contributed by atoms with Crippen LogP contribution in [0.4, 0.5) is 0 Å². The van der Waals surface area contributed by atoms with Crippen LogP contribution in [0.15, 0.2) is 24.3 Å². The quantitative estimate of drug-likeness (QED) is 0.903. The van der Waals surface area contributed by atoms with Gasteiger partial charge < -0.3 is 5.32 Å². The van der Waals surface area contributed by atoms with E-state index in [0.29, 0.717) is 12.1 Å². The molecule has 0 aliphatic carbocycles. The summed E-state index contributed by atoms with van der Waals surface area (Å²) < 4.78 is 0. The van der Waals surface area contributed by atoms with Crippen molar-refractivity contribution in [2.24, 2.45) is 0 Å². The molecule has 2 rings (SSSR count). The van der Waals surface area contributed by atoms with Gasteiger partial charge in [-0.25, -0.2) is 0 Å². The Bertz CT molecular complexity index is 381. The largest absolute Gasteiger partial charge is 0.313 e. The van der Waals surface area contributed by atoms with Crippen molar-refractivity contribution in [2.45, 2.75) is 45.3 Å². The van der Waals surface area contributed by atoms with Gasteiger partial charge in [-0.1, -0.05) is 30.7 Å². The molecule has 2 atom stereocenters. The normalized spacial score (nSPS) is 25.9. The van der Waals surface area contributed by atoms with Gasteiger partial charge in [0.2, 0.25) is 0 Å². The summed E-state index contributed by atoms with van der Waals surface area (Å²) in [5.41, 5.74) is 1.31. The van der Waals surface area contributed by atoms with E-state index in [9.17, 15) is 0 Å². The van der Waals surface area contributed by atoms with Gasteiger partial charge in [-0.05, 0) is 44.0 Å². The number of rotatable bonds is 3. The molecule has 0 spiro atoms. The molecular weight excluding hydrogens is 244 g/mol. The Morgan fingerprint density at radius 3 is 3.00 bits per heavy atom. The first-order chi connectivity index (χ1) is 8.69. The number of hydrogen-bond acceptors (Lipinski definition) is 2. The summed E-state index contributed by atoms with van der Waals surface area (Å²) >= 11 is 6.06. The molecule has 2 nitrogen and oxygen atoms in total. The second kappa shape index (κ2) is 6.55. The van der Waals surface area contributed by atoms with Gasteiger partial charge in [0.1, 0.15) is 0 Å². The van der Waals surface area contributed by atoms with Gasteiger partial charge in [-0.3, -0.25) is 4.90 Å². The highest BCUT2D eigenvalue weighted by Crippen LogP contribution is 2.17. The molecule has 1 aromatic carbocycles. The minimum absolute atomic E-state index is 0.620. The summed E-state index contributed by atoms with van der Waals surface area (Å²) in [6.45, 7) is 7.84. The Labute approximate surface area is 115 Å². The molecule has 0 amide bonds. The standard InChI is InChI=1S/C15H23ClN2/c1-3-15-11-18(12(2)7-8-17-15)10-13-5-4-6-14(16)9-13/h4-6,9,12,15,17H,3,7-8,10-11H2,1-2H3. The number of nitrogens with zero attached hydrogens (tertiary/aromatic N) is 1. The predicted octanol–water partition coefficient (Wildman–Crippen LogP) is 3.30. The first-order valence-electron chi connectivity index (χ1n) is 6.91. The van der Waals surface area contributed by atoms with Crippen molar-refractivity contribution in [3.05, 3.63) is 34.9 Å². The summed E-state index contributed by atoms with van der Waals surface area (Å²) in [5.74, 6) is 0. The van der Waals surface area contributed by atoms with Gasteiger partial charge in [0.15, 0.2) is 0 Å². The van der Waals surface area contributed by atoms with Gasteiger partial charge in [0.25, 0.3) is 0 Å². The molecule has 1 heterocycles. The highest BCUT2D eigenvalue weighted by atomic mass is 35.5. The SMILES string of the molecule is CCC1CN(Cc2cccc(Cl)c2)C(C)CCN1. The van der Waals surface area contributed by atoms with E-state index < -0.39 is 0 Å². The summed E-state index contributed by atoms with van der Waals surface area (Å²) in [6.07, 6.45) is 2.41. The molecule has 1 N–H and O–H groups in total. The Kier molecular flexibility index (Phi) is 5.04. The van der Waals surface area contributed by atoms with E-state index >= 15 is 0 Å². The van der Waals surface area contributed by atoms with Gasteiger partial charge in [-0.2, -0.15) is 0 Å². The molecule has 1 fully saturated rings. The smallest absolute Gasteiger partial charge is 0.0409 e. The van der Waals surface area contributed by atoms with Crippen molar-refractivity contribution in [3.8, 4) is 0 Å². The van der Waals surface area contributed by atoms with Crippen LogP contribution in [-0.2, 0) is 6.54 Å². The Morgan fingerprint density at radius 1 is 1.44 bits per heavy atom. The van der Waals surface area contributed by atoms with E-state index in [2.05, 4.69) is 36.2 Å². The third kappa shape index (κ3) is 3.71. The number of halogens is 1. The number of benzene rings is 1. The van der Waals surface area contributed by atoms with E-state index in [1.54, 1.807) is 0 Å². The lowest BCUT2D eigenvalue weighted by molar-refractivity contribution is 0.194. The molecule has 2 unspecified atom stereocenters. The van der Waals surface area contributed by atoms with Crippen molar-refractivity contribution in [1.29, 1.82) is 0 Å². The van der Waals surface area contributed by atoms with Crippen LogP contribution in [0.1, 0.15) is 32.3 Å². The van der Waals surface area contributed by atoms with Crippen molar-refractivity contribution < 1.29 is 0 Å². The lowest BCUT2D eigenvalue weighted by Gasteiger charge is -2.28. The maximum atomic E-state index is 6.06. The molecule has 1 saturated heterocycles. The maximum absolute atomic E-state index is 6.06. The second-order valence-corrected chi connectivity index (χ2v) is 5.69. The zero-order chi connectivity index (χ0) is 13.0. The minimum atomic E-state index is 0.620. The second-order valence-electron chi connectivity index (χ2n) is 5.26. The Balaban J connectivity index is 2.05. The number of hydrogen-bond donors (Lipinski definition) is 1. The topological polar surface area (TPSA) is 15.3 Å². The van der Waals surface area contributed by atoms with Crippen molar-refractivity contribution >= 4 is 11.6 Å². The average molecular weight is 267 g/mol. The Hall–Kier alpha value is -0.570. The van der Waals surface area contributed by atoms with Crippen molar-refractivity contribution in [1.82, 2.24) is 10.2 Å².